The molecule has 1 aromatic carbocycles. The van der Waals surface area contributed by atoms with Crippen molar-refractivity contribution in [2.45, 2.75) is 0 Å². The number of benzene rings is 1. The van der Waals surface area contributed by atoms with Crippen LogP contribution >= 0.6 is 53.0 Å². The van der Waals surface area contributed by atoms with Crippen LogP contribution in [-0.4, -0.2) is 9.79 Å². The molecule has 0 aliphatic rings. The molecule has 0 spiro atoms. The van der Waals surface area contributed by atoms with Crippen molar-refractivity contribution in [2.24, 2.45) is 0 Å². The van der Waals surface area contributed by atoms with Crippen LogP contribution in [0.2, 0.25) is 0 Å². The summed E-state index contributed by atoms with van der Waals surface area (Å²) >= 11 is 4.06. The standard InChI is InChI=1S/C6H5I2O4P/c7-4-1-2-6(5(8)3-4)12-13(9,10)11/h1-3H,(H2,9,10,11). The molecule has 1 rings (SSSR count). The van der Waals surface area contributed by atoms with E-state index in [-0.39, 0.29) is 5.75 Å². The fourth-order valence-corrected chi connectivity index (χ4v) is 2.98. The third kappa shape index (κ3) is 4.11. The first-order valence-corrected chi connectivity index (χ1v) is 6.77. The van der Waals surface area contributed by atoms with Gasteiger partial charge >= 0.3 is 7.82 Å². The Morgan fingerprint density at radius 2 is 1.92 bits per heavy atom. The Bertz CT molecular complexity index is 362. The summed E-state index contributed by atoms with van der Waals surface area (Å²) in [5.41, 5.74) is 0. The summed E-state index contributed by atoms with van der Waals surface area (Å²) in [5, 5.41) is 0. The van der Waals surface area contributed by atoms with E-state index in [2.05, 4.69) is 27.1 Å². The second-order valence-electron chi connectivity index (χ2n) is 2.16. The molecule has 0 heterocycles. The van der Waals surface area contributed by atoms with Gasteiger partial charge in [-0.25, -0.2) is 4.57 Å². The van der Waals surface area contributed by atoms with Gasteiger partial charge in [0.15, 0.2) is 0 Å². The number of halogens is 2. The van der Waals surface area contributed by atoms with Crippen molar-refractivity contribution in [3.63, 3.8) is 0 Å². The first-order valence-electron chi connectivity index (χ1n) is 3.09. The highest BCUT2D eigenvalue weighted by atomic mass is 127. The van der Waals surface area contributed by atoms with E-state index in [0.717, 1.165) is 3.57 Å². The molecule has 0 saturated carbocycles. The van der Waals surface area contributed by atoms with E-state index >= 15 is 0 Å². The third-order valence-electron chi connectivity index (χ3n) is 1.11. The molecule has 7 heteroatoms. The molecule has 72 valence electrons. The Morgan fingerprint density at radius 1 is 1.31 bits per heavy atom. The normalized spacial score (nSPS) is 11.4. The van der Waals surface area contributed by atoms with Crippen molar-refractivity contribution in [1.29, 1.82) is 0 Å². The molecule has 0 aliphatic carbocycles. The van der Waals surface area contributed by atoms with Gasteiger partial charge in [0.25, 0.3) is 0 Å². The van der Waals surface area contributed by atoms with Gasteiger partial charge in [-0.2, -0.15) is 0 Å². The van der Waals surface area contributed by atoms with E-state index in [0.29, 0.717) is 3.57 Å². The first-order chi connectivity index (χ1) is 5.88. The minimum Gasteiger partial charge on any atom is -0.403 e. The number of rotatable bonds is 2. The number of hydrogen-bond donors (Lipinski definition) is 2. The highest BCUT2D eigenvalue weighted by Gasteiger charge is 2.17. The van der Waals surface area contributed by atoms with Gasteiger partial charge < -0.3 is 4.52 Å². The Morgan fingerprint density at radius 3 is 2.38 bits per heavy atom. The van der Waals surface area contributed by atoms with Crippen LogP contribution in [0.4, 0.5) is 0 Å². The number of phosphoric ester groups is 1. The zero-order valence-electron chi connectivity index (χ0n) is 6.15. The Kier molecular flexibility index (Phi) is 3.99. The molecule has 4 nitrogen and oxygen atoms in total. The number of phosphoric acid groups is 1. The van der Waals surface area contributed by atoms with Gasteiger partial charge in [-0.05, 0) is 63.4 Å². The van der Waals surface area contributed by atoms with Crippen LogP contribution in [0.5, 0.6) is 5.75 Å². The molecule has 13 heavy (non-hydrogen) atoms. The van der Waals surface area contributed by atoms with Gasteiger partial charge in [0.1, 0.15) is 5.75 Å². The van der Waals surface area contributed by atoms with Crippen LogP contribution in [0.1, 0.15) is 0 Å². The highest BCUT2D eigenvalue weighted by molar-refractivity contribution is 14.1. The largest absolute Gasteiger partial charge is 0.524 e. The lowest BCUT2D eigenvalue weighted by Gasteiger charge is -2.08. The molecule has 2 N–H and O–H groups in total. The smallest absolute Gasteiger partial charge is 0.403 e. The Balaban J connectivity index is 2.97. The van der Waals surface area contributed by atoms with E-state index in [4.69, 9.17) is 9.79 Å². The fraction of sp³-hybridized carbons (Fsp3) is 0. The molecule has 0 atom stereocenters. The van der Waals surface area contributed by atoms with Crippen LogP contribution in [0, 0.1) is 7.14 Å². The highest BCUT2D eigenvalue weighted by Crippen LogP contribution is 2.39. The molecule has 0 radical (unpaired) electrons. The lowest BCUT2D eigenvalue weighted by atomic mass is 10.3. The zero-order chi connectivity index (χ0) is 10.1. The van der Waals surface area contributed by atoms with Gasteiger partial charge in [0, 0.05) is 3.57 Å². The molecule has 0 bridgehead atoms. The molecule has 0 aliphatic heterocycles. The summed E-state index contributed by atoms with van der Waals surface area (Å²) in [7, 11) is -4.44. The number of hydrogen-bond acceptors (Lipinski definition) is 2. The van der Waals surface area contributed by atoms with Crippen molar-refractivity contribution in [1.82, 2.24) is 0 Å². The average Bonchev–Trinajstić information content (AvgIpc) is 1.93. The zero-order valence-corrected chi connectivity index (χ0v) is 11.4. The molecule has 0 unspecified atom stereocenters. The molecule has 0 fully saturated rings. The van der Waals surface area contributed by atoms with Gasteiger partial charge in [-0.3, -0.25) is 9.79 Å². The summed E-state index contributed by atoms with van der Waals surface area (Å²) in [6.45, 7) is 0. The minimum absolute atomic E-state index is 0.203. The molecule has 0 aromatic heterocycles. The Hall–Kier alpha value is 0.630. The van der Waals surface area contributed by atoms with Crippen molar-refractivity contribution >= 4 is 53.0 Å². The maximum atomic E-state index is 10.5. The predicted octanol–water partition coefficient (Wildman–Crippen LogP) is 2.37. The van der Waals surface area contributed by atoms with Gasteiger partial charge in [-0.15, -0.1) is 0 Å². The fourth-order valence-electron chi connectivity index (χ4n) is 0.677. The summed E-state index contributed by atoms with van der Waals surface area (Å²) in [6.07, 6.45) is 0. The summed E-state index contributed by atoms with van der Waals surface area (Å²) in [6, 6.07) is 5.02. The van der Waals surface area contributed by atoms with Crippen molar-refractivity contribution in [2.75, 3.05) is 0 Å². The summed E-state index contributed by atoms with van der Waals surface area (Å²) < 4.78 is 16.6. The molecule has 1 aromatic rings. The first kappa shape index (κ1) is 11.7. The molecular weight excluding hydrogens is 421 g/mol. The summed E-state index contributed by atoms with van der Waals surface area (Å²) in [4.78, 5) is 17.1. The lowest BCUT2D eigenvalue weighted by molar-refractivity contribution is 0.282. The Labute approximate surface area is 102 Å². The van der Waals surface area contributed by atoms with E-state index in [1.807, 2.05) is 22.6 Å². The maximum Gasteiger partial charge on any atom is 0.524 e. The van der Waals surface area contributed by atoms with Crippen molar-refractivity contribution in [3.05, 3.63) is 25.3 Å². The topological polar surface area (TPSA) is 66.8 Å². The molecule has 0 amide bonds. The van der Waals surface area contributed by atoms with Crippen LogP contribution in [0.25, 0.3) is 0 Å². The lowest BCUT2D eigenvalue weighted by Crippen LogP contribution is -1.92. The van der Waals surface area contributed by atoms with E-state index in [1.54, 1.807) is 12.1 Å². The molecular formula is C6H5I2O4P. The maximum absolute atomic E-state index is 10.5. The van der Waals surface area contributed by atoms with Gasteiger partial charge in [-0.1, -0.05) is 0 Å². The van der Waals surface area contributed by atoms with Gasteiger partial charge in [0.2, 0.25) is 0 Å². The monoisotopic (exact) mass is 426 g/mol. The van der Waals surface area contributed by atoms with E-state index in [9.17, 15) is 4.57 Å². The van der Waals surface area contributed by atoms with Crippen LogP contribution in [0.15, 0.2) is 18.2 Å². The van der Waals surface area contributed by atoms with Crippen LogP contribution in [-0.2, 0) is 4.57 Å². The quantitative estimate of drug-likeness (QED) is 0.564. The van der Waals surface area contributed by atoms with Gasteiger partial charge in [0.05, 0.1) is 3.57 Å². The van der Waals surface area contributed by atoms with Crippen molar-refractivity contribution in [3.8, 4) is 5.75 Å². The SMILES string of the molecule is O=P(O)(O)Oc1ccc(I)cc1I. The summed E-state index contributed by atoms with van der Waals surface area (Å²) in [5.74, 6) is 0.203. The predicted molar refractivity (Wildman–Crippen MR) is 64.5 cm³/mol. The van der Waals surface area contributed by atoms with E-state index < -0.39 is 7.82 Å². The second kappa shape index (κ2) is 4.43. The minimum atomic E-state index is -4.44. The molecule has 0 saturated heterocycles. The third-order valence-corrected chi connectivity index (χ3v) is 3.06. The second-order valence-corrected chi connectivity index (χ2v) is 5.73. The van der Waals surface area contributed by atoms with Crippen LogP contribution in [0.3, 0.4) is 0 Å². The van der Waals surface area contributed by atoms with Crippen molar-refractivity contribution < 1.29 is 18.9 Å². The average molecular weight is 426 g/mol. The van der Waals surface area contributed by atoms with Crippen LogP contribution < -0.4 is 4.52 Å². The van der Waals surface area contributed by atoms with E-state index in [1.165, 1.54) is 6.07 Å².